The fourth-order valence-electron chi connectivity index (χ4n) is 4.63. The summed E-state index contributed by atoms with van der Waals surface area (Å²) in [7, 11) is 0. The SMILES string of the molecule is O=C1NC[C@@H]2N[C@]3(C(=O)Nc4nc(Cl)ccc43)[C@@H](c3cccc(Cl)c3F)[C@H]12. The van der Waals surface area contributed by atoms with Crippen LogP contribution in [0, 0.1) is 11.7 Å². The topological polar surface area (TPSA) is 83.1 Å². The van der Waals surface area contributed by atoms with E-state index in [2.05, 4.69) is 20.9 Å². The number of benzene rings is 1. The summed E-state index contributed by atoms with van der Waals surface area (Å²) in [5.74, 6) is -2.34. The number of anilines is 1. The Morgan fingerprint density at radius 1 is 1.19 bits per heavy atom. The molecule has 9 heteroatoms. The summed E-state index contributed by atoms with van der Waals surface area (Å²) >= 11 is 12.0. The number of carbonyl (C=O) groups excluding carboxylic acids is 2. The van der Waals surface area contributed by atoms with Gasteiger partial charge in [-0.15, -0.1) is 0 Å². The van der Waals surface area contributed by atoms with Gasteiger partial charge in [0.1, 0.15) is 22.3 Å². The highest BCUT2D eigenvalue weighted by molar-refractivity contribution is 6.31. The molecule has 3 aliphatic rings. The van der Waals surface area contributed by atoms with Crippen LogP contribution in [0.4, 0.5) is 10.2 Å². The van der Waals surface area contributed by atoms with Crippen molar-refractivity contribution in [1.29, 1.82) is 0 Å². The van der Waals surface area contributed by atoms with Crippen LogP contribution in [0.1, 0.15) is 17.0 Å². The largest absolute Gasteiger partial charge is 0.354 e. The van der Waals surface area contributed by atoms with Crippen molar-refractivity contribution in [3.63, 3.8) is 0 Å². The number of nitrogens with zero attached hydrogens (tertiary/aromatic N) is 1. The third-order valence-corrected chi connectivity index (χ3v) is 6.17. The normalized spacial score (nSPS) is 31.0. The molecule has 5 rings (SSSR count). The molecule has 6 nitrogen and oxygen atoms in total. The Kier molecular flexibility index (Phi) is 3.53. The van der Waals surface area contributed by atoms with Gasteiger partial charge in [-0.25, -0.2) is 9.37 Å². The Labute approximate surface area is 163 Å². The number of aromatic nitrogens is 1. The Morgan fingerprint density at radius 3 is 2.81 bits per heavy atom. The highest BCUT2D eigenvalue weighted by atomic mass is 35.5. The first-order valence-electron chi connectivity index (χ1n) is 8.41. The molecule has 0 bridgehead atoms. The van der Waals surface area contributed by atoms with Crippen molar-refractivity contribution in [3.05, 3.63) is 57.5 Å². The van der Waals surface area contributed by atoms with E-state index in [0.717, 1.165) is 0 Å². The summed E-state index contributed by atoms with van der Waals surface area (Å²) in [6, 6.07) is 7.55. The number of amides is 2. The van der Waals surface area contributed by atoms with Gasteiger partial charge in [0.2, 0.25) is 5.91 Å². The van der Waals surface area contributed by atoms with E-state index < -0.39 is 23.2 Å². The number of nitrogens with one attached hydrogen (secondary N) is 3. The minimum absolute atomic E-state index is 0.0580. The third-order valence-electron chi connectivity index (χ3n) is 5.66. The molecule has 1 aromatic heterocycles. The van der Waals surface area contributed by atoms with Crippen molar-refractivity contribution < 1.29 is 14.0 Å². The highest BCUT2D eigenvalue weighted by Gasteiger charge is 2.66. The second-order valence-corrected chi connectivity index (χ2v) is 7.73. The van der Waals surface area contributed by atoms with Crippen LogP contribution in [0.15, 0.2) is 30.3 Å². The van der Waals surface area contributed by atoms with Crippen molar-refractivity contribution in [2.75, 3.05) is 11.9 Å². The molecule has 4 heterocycles. The Bertz CT molecular complexity index is 1020. The summed E-state index contributed by atoms with van der Waals surface area (Å²) < 4.78 is 15.0. The molecule has 4 atom stereocenters. The second-order valence-electron chi connectivity index (χ2n) is 6.93. The first-order valence-corrected chi connectivity index (χ1v) is 9.17. The van der Waals surface area contributed by atoms with Crippen LogP contribution < -0.4 is 16.0 Å². The van der Waals surface area contributed by atoms with Gasteiger partial charge in [-0.1, -0.05) is 35.3 Å². The lowest BCUT2D eigenvalue weighted by Gasteiger charge is -2.32. The van der Waals surface area contributed by atoms with Crippen LogP contribution >= 0.6 is 23.2 Å². The van der Waals surface area contributed by atoms with Crippen LogP contribution in [0.5, 0.6) is 0 Å². The molecule has 3 aliphatic heterocycles. The maximum atomic E-state index is 15.0. The molecule has 3 N–H and O–H groups in total. The van der Waals surface area contributed by atoms with Crippen LogP contribution in [0.2, 0.25) is 10.2 Å². The molecule has 2 amide bonds. The van der Waals surface area contributed by atoms with Crippen molar-refractivity contribution in [3.8, 4) is 0 Å². The Balaban J connectivity index is 1.78. The number of fused-ring (bicyclic) bond motifs is 3. The second kappa shape index (κ2) is 5.64. The maximum Gasteiger partial charge on any atom is 0.251 e. The summed E-state index contributed by atoms with van der Waals surface area (Å²) in [6.07, 6.45) is 0. The van der Waals surface area contributed by atoms with Crippen molar-refractivity contribution in [1.82, 2.24) is 15.6 Å². The lowest BCUT2D eigenvalue weighted by molar-refractivity contribution is -0.124. The minimum atomic E-state index is -1.33. The summed E-state index contributed by atoms with van der Waals surface area (Å²) in [6.45, 7) is 0.355. The van der Waals surface area contributed by atoms with E-state index in [1.807, 2.05) is 0 Å². The number of pyridine rings is 1. The molecule has 138 valence electrons. The molecule has 0 aliphatic carbocycles. The van der Waals surface area contributed by atoms with Crippen molar-refractivity contribution in [2.24, 2.45) is 5.92 Å². The Morgan fingerprint density at radius 2 is 2.00 bits per heavy atom. The van der Waals surface area contributed by atoms with Crippen LogP contribution in [-0.2, 0) is 15.1 Å². The fourth-order valence-corrected chi connectivity index (χ4v) is 4.96. The summed E-state index contributed by atoms with van der Waals surface area (Å²) in [5.41, 5.74) is -0.563. The standard InChI is InChI=1S/C18H13Cl2FN4O2/c19-9-3-1-2-7(14(9)21)13-12-10(6-22-16(12)26)25-18(13)8-4-5-11(20)23-15(8)24-17(18)27/h1-5,10,12-13,25H,6H2,(H,22,26)(H,23,24,27)/t10-,12+,13-,18-/m0/s1. The third kappa shape index (κ3) is 2.13. The molecule has 1 spiro atoms. The van der Waals surface area contributed by atoms with Gasteiger partial charge in [0, 0.05) is 24.1 Å². The smallest absolute Gasteiger partial charge is 0.251 e. The first kappa shape index (κ1) is 16.9. The van der Waals surface area contributed by atoms with E-state index >= 15 is 0 Å². The van der Waals surface area contributed by atoms with Crippen LogP contribution in [-0.4, -0.2) is 29.4 Å². The molecular formula is C18H13Cl2FN4O2. The fraction of sp³-hybridized carbons (Fsp3) is 0.278. The van der Waals surface area contributed by atoms with Gasteiger partial charge < -0.3 is 10.6 Å². The molecule has 0 radical (unpaired) electrons. The summed E-state index contributed by atoms with van der Waals surface area (Å²) in [5, 5.41) is 8.97. The van der Waals surface area contributed by atoms with Gasteiger partial charge >= 0.3 is 0 Å². The zero-order valence-corrected chi connectivity index (χ0v) is 15.2. The quantitative estimate of drug-likeness (QED) is 0.633. The zero-order chi connectivity index (χ0) is 18.9. The number of hydrogen-bond acceptors (Lipinski definition) is 4. The number of halogens is 3. The van der Waals surface area contributed by atoms with E-state index in [9.17, 15) is 14.0 Å². The molecule has 2 aromatic rings. The number of hydrogen-bond donors (Lipinski definition) is 3. The number of rotatable bonds is 1. The minimum Gasteiger partial charge on any atom is -0.354 e. The highest BCUT2D eigenvalue weighted by Crippen LogP contribution is 2.55. The average Bonchev–Trinajstić information content (AvgIpc) is 3.24. The molecule has 0 saturated carbocycles. The average molecular weight is 407 g/mol. The van der Waals surface area contributed by atoms with Crippen molar-refractivity contribution >= 4 is 40.8 Å². The van der Waals surface area contributed by atoms with E-state index in [-0.39, 0.29) is 33.6 Å². The van der Waals surface area contributed by atoms with E-state index in [1.165, 1.54) is 6.07 Å². The van der Waals surface area contributed by atoms with Crippen LogP contribution in [0.25, 0.3) is 0 Å². The van der Waals surface area contributed by atoms with Gasteiger partial charge in [0.25, 0.3) is 5.91 Å². The predicted molar refractivity (Wildman–Crippen MR) is 97.1 cm³/mol. The monoisotopic (exact) mass is 406 g/mol. The zero-order valence-electron chi connectivity index (χ0n) is 13.7. The van der Waals surface area contributed by atoms with E-state index in [0.29, 0.717) is 17.9 Å². The molecule has 27 heavy (non-hydrogen) atoms. The van der Waals surface area contributed by atoms with Gasteiger partial charge in [-0.3, -0.25) is 14.9 Å². The van der Waals surface area contributed by atoms with E-state index in [1.54, 1.807) is 24.3 Å². The lowest BCUT2D eigenvalue weighted by Crippen LogP contribution is -2.50. The Hall–Kier alpha value is -2.22. The van der Waals surface area contributed by atoms with Gasteiger partial charge in [0.05, 0.1) is 10.9 Å². The maximum absolute atomic E-state index is 15.0. The number of carbonyl (C=O) groups is 2. The predicted octanol–water partition coefficient (Wildman–Crippen LogP) is 2.18. The molecule has 2 fully saturated rings. The van der Waals surface area contributed by atoms with Gasteiger partial charge in [-0.05, 0) is 23.8 Å². The van der Waals surface area contributed by atoms with Gasteiger partial charge in [0.15, 0.2) is 0 Å². The lowest BCUT2D eigenvalue weighted by atomic mass is 9.72. The van der Waals surface area contributed by atoms with Gasteiger partial charge in [-0.2, -0.15) is 0 Å². The molecule has 1 aromatic carbocycles. The summed E-state index contributed by atoms with van der Waals surface area (Å²) in [4.78, 5) is 29.9. The van der Waals surface area contributed by atoms with Crippen LogP contribution in [0.3, 0.4) is 0 Å². The van der Waals surface area contributed by atoms with Crippen molar-refractivity contribution in [2.45, 2.75) is 17.5 Å². The molecule has 0 unspecified atom stereocenters. The first-order chi connectivity index (χ1) is 12.9. The molecular weight excluding hydrogens is 394 g/mol. The van der Waals surface area contributed by atoms with E-state index in [4.69, 9.17) is 23.2 Å². The molecule has 2 saturated heterocycles.